The van der Waals surface area contributed by atoms with E-state index in [1.54, 1.807) is 69.2 Å². The zero-order chi connectivity index (χ0) is 98.5. The number of carboxylic acids is 4. The quantitative estimate of drug-likeness (QED) is 0.0206. The van der Waals surface area contributed by atoms with Crippen molar-refractivity contribution < 1.29 is 92.3 Å². The maximum Gasteiger partial charge on any atom is 0.328 e. The Kier molecular flexibility index (Phi) is 30.4. The topological polar surface area (TPSA) is 277 Å². The van der Waals surface area contributed by atoms with E-state index in [0.29, 0.717) is 47.9 Å². The molecule has 0 aliphatic carbocycles. The molecule has 4 aromatic heterocycles. The number of alkyl halides is 4. The van der Waals surface area contributed by atoms with E-state index in [2.05, 4.69) is 40.8 Å². The molecule has 2 unspecified atom stereocenters. The van der Waals surface area contributed by atoms with Gasteiger partial charge in [-0.05, 0) is 271 Å². The molecule has 32 heteroatoms. The smallest absolute Gasteiger partial charge is 0.328 e. The molecule has 0 saturated carbocycles. The molecule has 0 amide bonds. The second kappa shape index (κ2) is 41.3. The summed E-state index contributed by atoms with van der Waals surface area (Å²) in [4.78, 5) is 50.4. The van der Waals surface area contributed by atoms with E-state index in [0.717, 1.165) is 164 Å². The lowest BCUT2D eigenvalue weighted by Crippen LogP contribution is -2.48. The molecule has 16 rings (SSSR count). The van der Waals surface area contributed by atoms with Gasteiger partial charge in [0.05, 0.1) is 49.0 Å². The number of aromatic amines is 4. The zero-order valence-electron chi connectivity index (χ0n) is 76.6. The number of aliphatic carboxylic acids is 4. The lowest BCUT2D eigenvalue weighted by molar-refractivity contribution is -0.132. The Morgan fingerprint density at radius 3 is 0.632 bits per heavy atom. The predicted octanol–water partition coefficient (Wildman–Crippen LogP) is 22.1. The van der Waals surface area contributed by atoms with E-state index < -0.39 is 117 Å². The summed E-state index contributed by atoms with van der Waals surface area (Å²) in [7, 11) is 0. The average molecular weight is 1880 g/mol. The molecule has 136 heavy (non-hydrogen) atoms. The minimum absolute atomic E-state index is 0.0126. The van der Waals surface area contributed by atoms with Crippen LogP contribution in [0.5, 0.6) is 0 Å². The monoisotopic (exact) mass is 1880 g/mol. The molecule has 0 spiro atoms. The molecule has 20 nitrogen and oxygen atoms in total. The maximum absolute atomic E-state index is 15.4. The number of halogens is 12. The number of hydrogen-bond donors (Lipinski definition) is 8. The van der Waals surface area contributed by atoms with Crippen LogP contribution < -0.4 is 0 Å². The van der Waals surface area contributed by atoms with Gasteiger partial charge in [-0.25, -0.2) is 71.9 Å². The molecule has 8 N–H and O–H groups in total. The molecule has 0 fully saturated rings. The Labute approximate surface area is 778 Å². The summed E-state index contributed by atoms with van der Waals surface area (Å²) in [5.41, 5.74) is 7.15. The van der Waals surface area contributed by atoms with Gasteiger partial charge in [0.15, 0.2) is 0 Å². The van der Waals surface area contributed by atoms with E-state index >= 15 is 35.1 Å². The van der Waals surface area contributed by atoms with E-state index in [-0.39, 0.29) is 94.9 Å². The van der Waals surface area contributed by atoms with Crippen LogP contribution in [0.3, 0.4) is 0 Å². The SMILES string of the molecule is CC1Cc2cc(-c3cn[nH]c3)ccc2C(c2c(F)cc(/C=C/C(=O)O)cc2F)N1CC(C)(C)F.C[C@@H]1Cc2cc(-c3cn[nH]c3)ccc2[C@@H](c2c(F)cc(/C=C/C(=O)O)cc2F)N1CC(C)(C)F.C[C@@H]1Cc2cc(-c3cn[nH]c3)ccc2[C@@H](c2c(F)cc(/C=C/C(=O)O)cc2F)N1CC(C)(C)F.C[C@H]1Cc2cc(-c3cn[nH]c3)ccc2[C@H](c2c(F)cc(/C=C/C(=O)O)cc2F)N1CC(C)(C)F. The molecule has 8 aromatic carbocycles. The molecular formula is C104H104F12N12O8. The normalized spacial score (nSPS) is 18.9. The highest BCUT2D eigenvalue weighted by molar-refractivity contribution is 5.87. The number of hydrogen-bond acceptors (Lipinski definition) is 12. The number of fused-ring (bicyclic) bond motifs is 4. The van der Waals surface area contributed by atoms with Gasteiger partial charge in [-0.2, -0.15) is 20.4 Å². The van der Waals surface area contributed by atoms with Crippen LogP contribution in [-0.2, 0) is 44.9 Å². The first-order valence-corrected chi connectivity index (χ1v) is 44.0. The number of nitrogens with one attached hydrogen (secondary N) is 4. The van der Waals surface area contributed by atoms with E-state index in [9.17, 15) is 36.7 Å². The molecule has 0 radical (unpaired) electrons. The van der Waals surface area contributed by atoms with Gasteiger partial charge in [-0.15, -0.1) is 0 Å². The van der Waals surface area contributed by atoms with Gasteiger partial charge in [-0.3, -0.25) is 40.0 Å². The number of carbonyl (C=O) groups is 4. The van der Waals surface area contributed by atoms with Crippen molar-refractivity contribution in [2.45, 2.75) is 180 Å². The molecule has 4 aliphatic rings. The Morgan fingerprint density at radius 2 is 0.485 bits per heavy atom. The van der Waals surface area contributed by atoms with Crippen LogP contribution in [0.1, 0.15) is 196 Å². The van der Waals surface area contributed by atoms with Crippen molar-refractivity contribution in [2.24, 2.45) is 0 Å². The third-order valence-corrected chi connectivity index (χ3v) is 24.1. The molecule has 0 saturated heterocycles. The lowest BCUT2D eigenvalue weighted by atomic mass is 9.82. The second-order valence-electron chi connectivity index (χ2n) is 37.3. The first-order valence-electron chi connectivity index (χ1n) is 44.0. The molecule has 712 valence electrons. The van der Waals surface area contributed by atoms with E-state index in [1.165, 1.54) is 55.4 Å². The summed E-state index contributed by atoms with van der Waals surface area (Å²) in [6, 6.07) is 27.5. The van der Waals surface area contributed by atoms with Gasteiger partial charge in [0, 0.05) is 144 Å². The third-order valence-electron chi connectivity index (χ3n) is 24.1. The highest BCUT2D eigenvalue weighted by atomic mass is 19.2. The fourth-order valence-corrected chi connectivity index (χ4v) is 18.6. The fourth-order valence-electron chi connectivity index (χ4n) is 18.6. The van der Waals surface area contributed by atoms with Crippen molar-refractivity contribution in [2.75, 3.05) is 26.2 Å². The Balaban J connectivity index is 0.000000153. The minimum atomic E-state index is -1.59. The number of benzene rings is 8. The van der Waals surface area contributed by atoms with Gasteiger partial charge in [0.2, 0.25) is 0 Å². The largest absolute Gasteiger partial charge is 0.478 e. The number of H-pyrrole nitrogens is 4. The van der Waals surface area contributed by atoms with E-state index in [4.69, 9.17) is 20.4 Å². The predicted molar refractivity (Wildman–Crippen MR) is 496 cm³/mol. The summed E-state index contributed by atoms with van der Waals surface area (Å²) >= 11 is 0. The van der Waals surface area contributed by atoms with Gasteiger partial charge < -0.3 is 20.4 Å². The van der Waals surface area contributed by atoms with Crippen molar-refractivity contribution >= 4 is 48.2 Å². The lowest BCUT2D eigenvalue weighted by Gasteiger charge is -2.44. The van der Waals surface area contributed by atoms with Gasteiger partial charge in [0.25, 0.3) is 0 Å². The summed E-state index contributed by atoms with van der Waals surface area (Å²) in [5.74, 6) is -11.3. The Bertz CT molecular complexity index is 5610. The van der Waals surface area contributed by atoms with Crippen molar-refractivity contribution in [3.63, 3.8) is 0 Å². The Hall–Kier alpha value is -13.6. The number of carboxylic acid groups (broad SMARTS) is 4. The summed E-state index contributed by atoms with van der Waals surface area (Å²) < 4.78 is 182. The molecule has 4 aliphatic heterocycles. The zero-order valence-corrected chi connectivity index (χ0v) is 76.6. The minimum Gasteiger partial charge on any atom is -0.478 e. The first-order chi connectivity index (χ1) is 64.1. The van der Waals surface area contributed by atoms with Crippen LogP contribution in [0.25, 0.3) is 68.8 Å². The summed E-state index contributed by atoms with van der Waals surface area (Å²) in [5, 5.41) is 62.3. The summed E-state index contributed by atoms with van der Waals surface area (Å²) in [6.45, 7) is 19.2. The van der Waals surface area contributed by atoms with E-state index in [1.807, 2.05) is 100 Å². The molecular weight excluding hydrogens is 1770 g/mol. The summed E-state index contributed by atoms with van der Waals surface area (Å²) in [6.07, 6.45) is 24.1. The maximum atomic E-state index is 15.4. The van der Waals surface area contributed by atoms with Crippen LogP contribution in [0.15, 0.2) is 195 Å². The van der Waals surface area contributed by atoms with Crippen molar-refractivity contribution in [1.82, 2.24) is 60.4 Å². The standard InChI is InChI=1S/4C26H26F3N3O2/c4*1-15-8-18-11-17(19-12-30-31-13-19)5-6-20(18)25(32(15)14-26(2,3)29)24-21(27)9-16(10-22(24)28)4-7-23(33)34/h4*4-7,9-13,15,25H,8,14H2,1-3H3,(H,30,31)(H,33,34)/b4*7-4+/t3*15-,25+;/m110./s1. The third kappa shape index (κ3) is 24.2. The van der Waals surface area contributed by atoms with Gasteiger partial charge in [0.1, 0.15) is 69.2 Å². The van der Waals surface area contributed by atoms with Crippen molar-refractivity contribution in [1.29, 1.82) is 0 Å². The van der Waals surface area contributed by atoms with Gasteiger partial charge in [-0.1, -0.05) is 72.8 Å². The van der Waals surface area contributed by atoms with Crippen LogP contribution in [-0.4, -0.2) is 178 Å². The highest BCUT2D eigenvalue weighted by Crippen LogP contribution is 2.49. The van der Waals surface area contributed by atoms with Crippen LogP contribution >= 0.6 is 0 Å². The average Bonchev–Trinajstić information content (AvgIpc) is 1.27. The fraction of sp³-hybridized carbons (Fsp3) is 0.308. The van der Waals surface area contributed by atoms with Crippen LogP contribution in [0.4, 0.5) is 52.7 Å². The Morgan fingerprint density at radius 1 is 0.309 bits per heavy atom. The van der Waals surface area contributed by atoms with Crippen molar-refractivity contribution in [3.8, 4) is 44.5 Å². The molecule has 8 atom stereocenters. The van der Waals surface area contributed by atoms with Gasteiger partial charge >= 0.3 is 23.9 Å². The van der Waals surface area contributed by atoms with Crippen molar-refractivity contribution in [3.05, 3.63) is 331 Å². The van der Waals surface area contributed by atoms with Crippen LogP contribution in [0, 0.1) is 46.5 Å². The molecule has 8 heterocycles. The molecule has 12 aromatic rings. The number of aromatic nitrogens is 8. The molecule has 0 bridgehead atoms. The second-order valence-corrected chi connectivity index (χ2v) is 37.3. The number of rotatable bonds is 24. The first kappa shape index (κ1) is 99.9. The van der Waals surface area contributed by atoms with Crippen LogP contribution in [0.2, 0.25) is 0 Å². The number of nitrogens with zero attached hydrogens (tertiary/aromatic N) is 8. The highest BCUT2D eigenvalue weighted by Gasteiger charge is 2.45.